The number of carbonyl (C=O) groups is 1. The number of aromatic nitrogens is 1. The van der Waals surface area contributed by atoms with Crippen molar-refractivity contribution in [3.8, 4) is 0 Å². The number of hydrogen-bond donors (Lipinski definition) is 2. The Morgan fingerprint density at radius 2 is 1.68 bits per heavy atom. The van der Waals surface area contributed by atoms with Gasteiger partial charge in [-0.1, -0.05) is 48.0 Å². The maximum absolute atomic E-state index is 13.9. The molecule has 1 amide bonds. The Morgan fingerprint density at radius 3 is 2.24 bits per heavy atom. The van der Waals surface area contributed by atoms with Gasteiger partial charge < -0.3 is 5.32 Å². The van der Waals surface area contributed by atoms with Crippen molar-refractivity contribution in [1.29, 1.82) is 0 Å². The van der Waals surface area contributed by atoms with E-state index in [-0.39, 0.29) is 17.8 Å². The van der Waals surface area contributed by atoms with E-state index in [1.54, 1.807) is 26.1 Å². The Kier molecular flexibility index (Phi) is 8.04. The summed E-state index contributed by atoms with van der Waals surface area (Å²) < 4.78 is 52.4. The lowest BCUT2D eigenvalue weighted by Crippen LogP contribution is -2.38. The van der Waals surface area contributed by atoms with Crippen LogP contribution in [0.2, 0.25) is 0 Å². The predicted molar refractivity (Wildman–Crippen MR) is 123 cm³/mol. The lowest BCUT2D eigenvalue weighted by Gasteiger charge is -2.26. The minimum atomic E-state index is -4.50. The van der Waals surface area contributed by atoms with E-state index in [1.165, 1.54) is 18.3 Å². The molecule has 8 heteroatoms. The van der Waals surface area contributed by atoms with Gasteiger partial charge in [0, 0.05) is 19.3 Å². The van der Waals surface area contributed by atoms with Crippen molar-refractivity contribution >= 4 is 5.91 Å². The number of likely N-dealkylation sites (N-methyl/N-ethyl adjacent to an activating group) is 1. The summed E-state index contributed by atoms with van der Waals surface area (Å²) >= 11 is 0. The van der Waals surface area contributed by atoms with Crippen molar-refractivity contribution in [3.05, 3.63) is 100 Å². The quantitative estimate of drug-likeness (QED) is 0.419. The van der Waals surface area contributed by atoms with Crippen LogP contribution in [0.25, 0.3) is 0 Å². The first-order valence-electron chi connectivity index (χ1n) is 10.9. The van der Waals surface area contributed by atoms with Gasteiger partial charge in [0.1, 0.15) is 17.6 Å². The molecule has 2 N–H and O–H groups in total. The molecule has 2 atom stereocenters. The normalized spacial score (nSPS) is 13.4. The van der Waals surface area contributed by atoms with Gasteiger partial charge in [0.2, 0.25) is 5.91 Å². The fourth-order valence-corrected chi connectivity index (χ4v) is 3.71. The van der Waals surface area contributed by atoms with Crippen LogP contribution in [0.5, 0.6) is 0 Å². The Morgan fingerprint density at radius 1 is 1.00 bits per heavy atom. The molecule has 0 radical (unpaired) electrons. The third-order valence-electron chi connectivity index (χ3n) is 5.71. The number of amides is 1. The highest BCUT2D eigenvalue weighted by Gasteiger charge is 2.32. The monoisotopic (exact) mass is 473 g/mol. The minimum absolute atomic E-state index is 0.233. The van der Waals surface area contributed by atoms with Crippen molar-refractivity contribution in [2.45, 2.75) is 44.9 Å². The fourth-order valence-electron chi connectivity index (χ4n) is 3.71. The van der Waals surface area contributed by atoms with Crippen LogP contribution in [0.3, 0.4) is 0 Å². The number of nitrogens with one attached hydrogen (secondary N) is 2. The molecule has 0 aliphatic heterocycles. The second kappa shape index (κ2) is 10.8. The molecule has 3 aromatic rings. The number of pyridine rings is 1. The lowest BCUT2D eigenvalue weighted by atomic mass is 9.95. The molecule has 0 aliphatic carbocycles. The van der Waals surface area contributed by atoms with Crippen LogP contribution < -0.4 is 10.6 Å². The highest BCUT2D eigenvalue weighted by Crippen LogP contribution is 2.29. The standard InChI is InChI=1S/C26H27F4N3O/c1-16-4-8-19(9-5-16)24(25(34)31-3)33-22(20-10-11-21(27)17(2)14-20)12-6-18-7-13-23(32-15-18)26(28,29)30/h4-5,7-11,13-15,22,24,33H,6,12H2,1-3H3,(H,31,34)/t22-,24?/m1/s1. The third kappa shape index (κ3) is 6.41. The average Bonchev–Trinajstić information content (AvgIpc) is 2.81. The van der Waals surface area contributed by atoms with Crippen molar-refractivity contribution < 1.29 is 22.4 Å². The number of halogens is 4. The van der Waals surface area contributed by atoms with Gasteiger partial charge in [0.15, 0.2) is 0 Å². The van der Waals surface area contributed by atoms with Gasteiger partial charge in [-0.25, -0.2) is 4.39 Å². The molecule has 0 saturated carbocycles. The number of rotatable bonds is 8. The summed E-state index contributed by atoms with van der Waals surface area (Å²) in [5, 5.41) is 6.05. The number of benzene rings is 2. The van der Waals surface area contributed by atoms with E-state index in [0.717, 1.165) is 22.8 Å². The highest BCUT2D eigenvalue weighted by molar-refractivity contribution is 5.83. The van der Waals surface area contributed by atoms with Crippen LogP contribution in [0, 0.1) is 19.7 Å². The van der Waals surface area contributed by atoms with Crippen LogP contribution in [-0.4, -0.2) is 17.9 Å². The first kappa shape index (κ1) is 25.4. The summed E-state index contributed by atoms with van der Waals surface area (Å²) in [6.45, 7) is 3.61. The highest BCUT2D eigenvalue weighted by atomic mass is 19.4. The summed E-state index contributed by atoms with van der Waals surface area (Å²) in [7, 11) is 1.55. The van der Waals surface area contributed by atoms with Crippen molar-refractivity contribution in [2.75, 3.05) is 7.05 Å². The first-order valence-corrected chi connectivity index (χ1v) is 10.9. The third-order valence-corrected chi connectivity index (χ3v) is 5.71. The van der Waals surface area contributed by atoms with E-state index in [0.29, 0.717) is 24.0 Å². The van der Waals surface area contributed by atoms with Crippen LogP contribution in [0.15, 0.2) is 60.8 Å². The van der Waals surface area contributed by atoms with Gasteiger partial charge >= 0.3 is 6.18 Å². The average molecular weight is 474 g/mol. The Hall–Kier alpha value is -3.26. The van der Waals surface area contributed by atoms with E-state index in [4.69, 9.17) is 0 Å². The van der Waals surface area contributed by atoms with Crippen molar-refractivity contribution in [1.82, 2.24) is 15.6 Å². The van der Waals surface area contributed by atoms with E-state index in [9.17, 15) is 22.4 Å². The molecule has 4 nitrogen and oxygen atoms in total. The molecule has 1 aromatic heterocycles. The summed E-state index contributed by atoms with van der Waals surface area (Å²) in [6.07, 6.45) is -2.42. The predicted octanol–water partition coefficient (Wildman–Crippen LogP) is 5.61. The second-order valence-corrected chi connectivity index (χ2v) is 8.27. The second-order valence-electron chi connectivity index (χ2n) is 8.27. The maximum atomic E-state index is 13.9. The molecule has 1 heterocycles. The van der Waals surface area contributed by atoms with E-state index in [1.807, 2.05) is 31.2 Å². The number of nitrogens with zero attached hydrogens (tertiary/aromatic N) is 1. The van der Waals surface area contributed by atoms with Crippen LogP contribution >= 0.6 is 0 Å². The summed E-state index contributed by atoms with van der Waals surface area (Å²) in [4.78, 5) is 16.3. The SMILES string of the molecule is CNC(=O)C(N[C@H](CCc1ccc(C(F)(F)F)nc1)c1ccc(F)c(C)c1)c1ccc(C)cc1. The molecule has 0 saturated heterocycles. The van der Waals surface area contributed by atoms with E-state index in [2.05, 4.69) is 15.6 Å². The molecule has 34 heavy (non-hydrogen) atoms. The fraction of sp³-hybridized carbons (Fsp3) is 0.308. The zero-order chi connectivity index (χ0) is 24.9. The summed E-state index contributed by atoms with van der Waals surface area (Å²) in [6, 6.07) is 13.6. The molecule has 0 fully saturated rings. The molecule has 2 aromatic carbocycles. The topological polar surface area (TPSA) is 54.0 Å². The molecular weight excluding hydrogens is 446 g/mol. The van der Waals surface area contributed by atoms with Crippen molar-refractivity contribution in [3.63, 3.8) is 0 Å². The Bertz CT molecular complexity index is 1110. The summed E-state index contributed by atoms with van der Waals surface area (Å²) in [5.41, 5.74) is 2.75. The van der Waals surface area contributed by atoms with Gasteiger partial charge in [-0.3, -0.25) is 15.1 Å². The molecule has 1 unspecified atom stereocenters. The number of aryl methyl sites for hydroxylation is 3. The first-order chi connectivity index (χ1) is 16.1. The van der Waals surface area contributed by atoms with Crippen molar-refractivity contribution in [2.24, 2.45) is 0 Å². The Labute approximate surface area is 196 Å². The zero-order valence-electron chi connectivity index (χ0n) is 19.2. The largest absolute Gasteiger partial charge is 0.433 e. The molecule has 0 aliphatic rings. The van der Waals surface area contributed by atoms with Crippen LogP contribution in [0.1, 0.15) is 52.0 Å². The number of carbonyl (C=O) groups excluding carboxylic acids is 1. The van der Waals surface area contributed by atoms with Gasteiger partial charge in [-0.2, -0.15) is 13.2 Å². The lowest BCUT2D eigenvalue weighted by molar-refractivity contribution is -0.141. The van der Waals surface area contributed by atoms with E-state index >= 15 is 0 Å². The van der Waals surface area contributed by atoms with Gasteiger partial charge in [-0.15, -0.1) is 0 Å². The van der Waals surface area contributed by atoms with Crippen LogP contribution in [0.4, 0.5) is 17.6 Å². The van der Waals surface area contributed by atoms with Crippen LogP contribution in [-0.2, 0) is 17.4 Å². The van der Waals surface area contributed by atoms with E-state index < -0.39 is 17.9 Å². The van der Waals surface area contributed by atoms with Gasteiger partial charge in [0.05, 0.1) is 0 Å². The number of alkyl halides is 3. The smallest absolute Gasteiger partial charge is 0.358 e. The molecule has 0 spiro atoms. The molecule has 180 valence electrons. The van der Waals surface area contributed by atoms with Gasteiger partial charge in [0.25, 0.3) is 0 Å². The molecule has 3 rings (SSSR count). The minimum Gasteiger partial charge on any atom is -0.358 e. The molecule has 0 bridgehead atoms. The Balaban J connectivity index is 1.88. The number of hydrogen-bond acceptors (Lipinski definition) is 3. The maximum Gasteiger partial charge on any atom is 0.433 e. The zero-order valence-corrected chi connectivity index (χ0v) is 19.2. The van der Waals surface area contributed by atoms with Gasteiger partial charge in [-0.05, 0) is 61.1 Å². The molecular formula is C26H27F4N3O. The summed E-state index contributed by atoms with van der Waals surface area (Å²) in [5.74, 6) is -0.570.